The number of benzene rings is 2. The topological polar surface area (TPSA) is 103 Å². The fraction of sp³-hybridized carbons (Fsp3) is 0.231. The third kappa shape index (κ3) is 4.22. The van der Waals surface area contributed by atoms with Gasteiger partial charge in [-0.25, -0.2) is 14.8 Å². The Labute approximate surface area is 197 Å². The summed E-state index contributed by atoms with van der Waals surface area (Å²) in [7, 11) is 0. The molecule has 1 unspecified atom stereocenters. The molecule has 8 heteroatoms. The predicted octanol–water partition coefficient (Wildman–Crippen LogP) is 4.46. The third-order valence-electron chi connectivity index (χ3n) is 6.20. The Kier molecular flexibility index (Phi) is 5.71. The Balaban J connectivity index is 1.50. The molecule has 0 aliphatic carbocycles. The van der Waals surface area contributed by atoms with Crippen molar-refractivity contribution in [2.45, 2.75) is 25.9 Å². The molecule has 2 N–H and O–H groups in total. The van der Waals surface area contributed by atoms with Crippen molar-refractivity contribution in [3.8, 4) is 17.1 Å². The van der Waals surface area contributed by atoms with Gasteiger partial charge in [0.15, 0.2) is 5.82 Å². The van der Waals surface area contributed by atoms with Crippen LogP contribution in [0.25, 0.3) is 22.3 Å². The van der Waals surface area contributed by atoms with Crippen LogP contribution in [0.2, 0.25) is 0 Å². The number of aromatic hydroxyl groups is 1. The molecule has 4 aromatic rings. The van der Waals surface area contributed by atoms with Gasteiger partial charge in [-0.2, -0.15) is 0 Å². The highest BCUT2D eigenvalue weighted by Gasteiger charge is 2.32. The van der Waals surface area contributed by atoms with Crippen LogP contribution in [0.4, 0.5) is 10.6 Å². The molecule has 2 aromatic heterocycles. The number of rotatable bonds is 5. The smallest absolute Gasteiger partial charge is 0.407 e. The number of aromatic nitrogens is 3. The van der Waals surface area contributed by atoms with E-state index in [9.17, 15) is 15.0 Å². The van der Waals surface area contributed by atoms with Gasteiger partial charge >= 0.3 is 6.09 Å². The van der Waals surface area contributed by atoms with E-state index in [2.05, 4.69) is 9.88 Å². The number of hydrogen-bond donors (Lipinski definition) is 2. The number of hydrogen-bond acceptors (Lipinski definition) is 6. The highest BCUT2D eigenvalue weighted by Crippen LogP contribution is 2.34. The molecule has 0 saturated carbocycles. The minimum Gasteiger partial charge on any atom is -0.507 e. The summed E-state index contributed by atoms with van der Waals surface area (Å²) in [6.07, 6.45) is 3.11. The monoisotopic (exact) mass is 455 g/mol. The molecule has 1 aliphatic heterocycles. The second kappa shape index (κ2) is 8.97. The first kappa shape index (κ1) is 21.6. The van der Waals surface area contributed by atoms with Gasteiger partial charge in [0.25, 0.3) is 0 Å². The maximum atomic E-state index is 12.1. The highest BCUT2D eigenvalue weighted by atomic mass is 16.4. The molecule has 34 heavy (non-hydrogen) atoms. The minimum atomic E-state index is -0.950. The number of pyridine rings is 1. The van der Waals surface area contributed by atoms with Crippen molar-refractivity contribution < 1.29 is 15.0 Å². The highest BCUT2D eigenvalue weighted by molar-refractivity contribution is 5.92. The number of carbonyl (C=O) groups is 1. The summed E-state index contributed by atoms with van der Waals surface area (Å²) < 4.78 is 0. The van der Waals surface area contributed by atoms with E-state index in [0.717, 1.165) is 27.8 Å². The Hall–Kier alpha value is -4.20. The molecule has 2 aromatic carbocycles. The number of phenolic OH excluding ortho intramolecular Hbond substituents is 1. The summed E-state index contributed by atoms with van der Waals surface area (Å²) in [6.45, 7) is 3.49. The summed E-state index contributed by atoms with van der Waals surface area (Å²) in [4.78, 5) is 29.4. The number of phenols is 1. The molecule has 0 bridgehead atoms. The van der Waals surface area contributed by atoms with Crippen LogP contribution in [0.5, 0.6) is 5.75 Å². The van der Waals surface area contributed by atoms with E-state index in [0.29, 0.717) is 30.9 Å². The van der Waals surface area contributed by atoms with E-state index >= 15 is 0 Å². The Morgan fingerprint density at radius 1 is 1.15 bits per heavy atom. The number of anilines is 1. The molecule has 3 heterocycles. The molecule has 5 rings (SSSR count). The van der Waals surface area contributed by atoms with E-state index in [1.807, 2.05) is 43.3 Å². The summed E-state index contributed by atoms with van der Waals surface area (Å²) in [5.41, 5.74) is 3.28. The van der Waals surface area contributed by atoms with E-state index in [1.54, 1.807) is 30.6 Å². The summed E-state index contributed by atoms with van der Waals surface area (Å²) in [5.74, 6) is 1.31. The number of nitrogens with zero attached hydrogens (tertiary/aromatic N) is 5. The van der Waals surface area contributed by atoms with Crippen molar-refractivity contribution in [1.82, 2.24) is 19.9 Å². The number of amides is 1. The Bertz CT molecular complexity index is 1350. The summed E-state index contributed by atoms with van der Waals surface area (Å²) in [6, 6.07) is 16.6. The van der Waals surface area contributed by atoms with Gasteiger partial charge in [0, 0.05) is 30.9 Å². The average molecular weight is 456 g/mol. The first-order chi connectivity index (χ1) is 16.5. The van der Waals surface area contributed by atoms with Crippen LogP contribution in [-0.2, 0) is 6.54 Å². The molecule has 0 radical (unpaired) electrons. The van der Waals surface area contributed by atoms with Gasteiger partial charge in [-0.1, -0.05) is 24.3 Å². The van der Waals surface area contributed by atoms with Crippen molar-refractivity contribution in [3.05, 3.63) is 78.1 Å². The van der Waals surface area contributed by atoms with Gasteiger partial charge in [0.05, 0.1) is 23.7 Å². The molecule has 8 nitrogen and oxygen atoms in total. The number of para-hydroxylation sites is 1. The van der Waals surface area contributed by atoms with Crippen LogP contribution in [0.15, 0.2) is 67.0 Å². The zero-order valence-corrected chi connectivity index (χ0v) is 18.8. The van der Waals surface area contributed by atoms with Crippen molar-refractivity contribution in [2.24, 2.45) is 0 Å². The maximum absolute atomic E-state index is 12.1. The summed E-state index contributed by atoms with van der Waals surface area (Å²) in [5, 5.41) is 21.2. The first-order valence-corrected chi connectivity index (χ1v) is 11.2. The lowest BCUT2D eigenvalue weighted by Crippen LogP contribution is -2.40. The quantitative estimate of drug-likeness (QED) is 0.458. The van der Waals surface area contributed by atoms with Crippen LogP contribution in [-0.4, -0.2) is 55.3 Å². The largest absolute Gasteiger partial charge is 0.507 e. The van der Waals surface area contributed by atoms with Crippen LogP contribution < -0.4 is 4.90 Å². The van der Waals surface area contributed by atoms with E-state index in [1.165, 1.54) is 4.90 Å². The second-order valence-electron chi connectivity index (χ2n) is 8.57. The molecule has 172 valence electrons. The number of fused-ring (bicyclic) bond motifs is 1. The lowest BCUT2D eigenvalue weighted by atomic mass is 10.1. The summed E-state index contributed by atoms with van der Waals surface area (Å²) >= 11 is 0. The standard InChI is InChI=1S/C26H25N5O3/c1-17-8-9-20-22(13-17)28-24(21-6-2-3-7-23(21)32)29-25(20)30-12-10-19(16-30)31(26(33)34)15-18-5-4-11-27-14-18/h2-9,11,13-14,19,32H,10,12,15-16H2,1H3,(H,33,34). The van der Waals surface area contributed by atoms with Crippen molar-refractivity contribution >= 4 is 22.8 Å². The average Bonchev–Trinajstić information content (AvgIpc) is 3.32. The van der Waals surface area contributed by atoms with Crippen LogP contribution in [0, 0.1) is 6.92 Å². The van der Waals surface area contributed by atoms with E-state index in [4.69, 9.17) is 9.97 Å². The second-order valence-corrected chi connectivity index (χ2v) is 8.57. The molecule has 1 amide bonds. The van der Waals surface area contributed by atoms with Crippen molar-refractivity contribution in [1.29, 1.82) is 0 Å². The Morgan fingerprint density at radius 2 is 2.00 bits per heavy atom. The minimum absolute atomic E-state index is 0.119. The van der Waals surface area contributed by atoms with Gasteiger partial charge in [0.2, 0.25) is 0 Å². The fourth-order valence-electron chi connectivity index (χ4n) is 4.48. The van der Waals surface area contributed by atoms with Gasteiger partial charge in [-0.3, -0.25) is 9.88 Å². The molecule has 1 fully saturated rings. The number of carboxylic acid groups (broad SMARTS) is 1. The predicted molar refractivity (Wildman–Crippen MR) is 130 cm³/mol. The SMILES string of the molecule is Cc1ccc2c(N3CCC(N(Cc4cccnc4)C(=O)O)C3)nc(-c3ccccc3O)nc2c1. The molecular formula is C26H25N5O3. The maximum Gasteiger partial charge on any atom is 0.407 e. The zero-order valence-electron chi connectivity index (χ0n) is 18.8. The normalized spacial score (nSPS) is 15.6. The Morgan fingerprint density at radius 3 is 2.76 bits per heavy atom. The van der Waals surface area contributed by atoms with Crippen LogP contribution >= 0.6 is 0 Å². The van der Waals surface area contributed by atoms with Crippen molar-refractivity contribution in [3.63, 3.8) is 0 Å². The molecular weight excluding hydrogens is 430 g/mol. The lowest BCUT2D eigenvalue weighted by molar-refractivity contribution is 0.124. The molecule has 1 saturated heterocycles. The zero-order chi connectivity index (χ0) is 23.7. The van der Waals surface area contributed by atoms with Crippen LogP contribution in [0.1, 0.15) is 17.5 Å². The molecule has 1 aliphatic rings. The van der Waals surface area contributed by atoms with Gasteiger partial charge < -0.3 is 15.1 Å². The van der Waals surface area contributed by atoms with Gasteiger partial charge in [-0.05, 0) is 54.8 Å². The van der Waals surface area contributed by atoms with Gasteiger partial charge in [-0.15, -0.1) is 0 Å². The fourth-order valence-corrected chi connectivity index (χ4v) is 4.48. The first-order valence-electron chi connectivity index (χ1n) is 11.2. The van der Waals surface area contributed by atoms with Crippen molar-refractivity contribution in [2.75, 3.05) is 18.0 Å². The number of aryl methyl sites for hydroxylation is 1. The van der Waals surface area contributed by atoms with E-state index in [-0.39, 0.29) is 18.3 Å². The molecule has 0 spiro atoms. The van der Waals surface area contributed by atoms with Gasteiger partial charge in [0.1, 0.15) is 11.6 Å². The lowest BCUT2D eigenvalue weighted by Gasteiger charge is -2.27. The van der Waals surface area contributed by atoms with E-state index < -0.39 is 6.09 Å². The molecule has 1 atom stereocenters. The third-order valence-corrected chi connectivity index (χ3v) is 6.20. The van der Waals surface area contributed by atoms with Crippen LogP contribution in [0.3, 0.4) is 0 Å².